The Morgan fingerprint density at radius 2 is 1.90 bits per heavy atom. The number of likely N-dealkylation sites (N-methyl/N-ethyl adjacent to an activating group) is 1. The molecule has 0 aliphatic carbocycles. The maximum absolute atomic E-state index is 5.21. The van der Waals surface area contributed by atoms with E-state index in [0.29, 0.717) is 4.48 Å². The second kappa shape index (κ2) is 2.85. The van der Waals surface area contributed by atoms with Crippen LogP contribution in [-0.2, 0) is 0 Å². The summed E-state index contributed by atoms with van der Waals surface area (Å²) in [5.41, 5.74) is 0.995. The van der Waals surface area contributed by atoms with Gasteiger partial charge in [0.25, 0.3) is 6.57 Å². The molecule has 0 bridgehead atoms. The molecule has 1 atom stereocenters. The predicted molar refractivity (Wildman–Crippen MR) is 44.9 cm³/mol. The lowest BCUT2D eigenvalue weighted by Gasteiger charge is -2.22. The highest BCUT2D eigenvalue weighted by atomic mass is 15.4. The summed E-state index contributed by atoms with van der Waals surface area (Å²) in [7, 11) is 6.11. The summed E-state index contributed by atoms with van der Waals surface area (Å²) in [5.74, 6) is 0. The first-order valence-corrected chi connectivity index (χ1v) is 3.26. The molecule has 0 aromatic heterocycles. The Kier molecular flexibility index (Phi) is 2.62. The van der Waals surface area contributed by atoms with Gasteiger partial charge in [0.2, 0.25) is 0 Å². The number of hydrogen-bond acceptors (Lipinski definition) is 0. The fourth-order valence-electron chi connectivity index (χ4n) is 0.988. The van der Waals surface area contributed by atoms with Gasteiger partial charge in [-0.3, -0.25) is 4.48 Å². The second-order valence-electron chi connectivity index (χ2n) is 3.49. The number of nitrogens with zero attached hydrogens (tertiary/aromatic N) is 2. The molecule has 0 aliphatic heterocycles. The molecule has 0 aromatic rings. The van der Waals surface area contributed by atoms with Gasteiger partial charge in [-0.05, 0) is 11.8 Å². The molecule has 0 rings (SSSR count). The first-order chi connectivity index (χ1) is 4.39. The summed E-state index contributed by atoms with van der Waals surface area (Å²) in [4.78, 5) is 3.73. The van der Waals surface area contributed by atoms with Crippen molar-refractivity contribution in [3.05, 3.63) is 17.0 Å². The van der Waals surface area contributed by atoms with Crippen molar-refractivity contribution in [2.24, 2.45) is 0 Å². The zero-order chi connectivity index (χ0) is 8.36. The molecule has 2 heteroatoms. The van der Waals surface area contributed by atoms with E-state index in [1.165, 1.54) is 0 Å². The Morgan fingerprint density at radius 3 is 1.90 bits per heavy atom. The summed E-state index contributed by atoms with van der Waals surface area (Å²) in [6.45, 7) is 10.9. The number of quaternary nitrogens is 1. The molecule has 0 amide bonds. The Balaban J connectivity index is 4.42. The SMILES string of the molecule is C#[N+]C(C(=C)C)[N+](C)(C)C. The predicted octanol–water partition coefficient (Wildman–Crippen LogP) is 1.56. The summed E-state index contributed by atoms with van der Waals surface area (Å²) < 4.78 is 0.700. The van der Waals surface area contributed by atoms with Gasteiger partial charge in [-0.2, -0.15) is 0 Å². The molecule has 2 nitrogen and oxygen atoms in total. The van der Waals surface area contributed by atoms with Gasteiger partial charge < -0.3 is 0 Å². The van der Waals surface area contributed by atoms with Gasteiger partial charge in [0.1, 0.15) is 0 Å². The highest BCUT2D eigenvalue weighted by molar-refractivity contribution is 5.03. The zero-order valence-electron chi connectivity index (χ0n) is 7.26. The Hall–Kier alpha value is -0.810. The van der Waals surface area contributed by atoms with Gasteiger partial charge in [-0.1, -0.05) is 6.58 Å². The van der Waals surface area contributed by atoms with Gasteiger partial charge in [-0.25, -0.2) is 0 Å². The highest BCUT2D eigenvalue weighted by Gasteiger charge is 2.32. The molecule has 0 aromatic carbocycles. The molecule has 0 N–H and O–H groups in total. The van der Waals surface area contributed by atoms with E-state index in [4.69, 9.17) is 6.57 Å². The topological polar surface area (TPSA) is 4.36 Å². The lowest BCUT2D eigenvalue weighted by Crippen LogP contribution is -2.43. The summed E-state index contributed by atoms with van der Waals surface area (Å²) in [6, 6.07) is 0. The third-order valence-electron chi connectivity index (χ3n) is 1.32. The summed E-state index contributed by atoms with van der Waals surface area (Å²) >= 11 is 0. The van der Waals surface area contributed by atoms with Crippen molar-refractivity contribution in [1.29, 1.82) is 0 Å². The first kappa shape index (κ1) is 9.19. The molecule has 0 saturated carbocycles. The lowest BCUT2D eigenvalue weighted by molar-refractivity contribution is -0.884. The molecular weight excluding hydrogens is 124 g/mol. The largest absolute Gasteiger partial charge is 0.413 e. The van der Waals surface area contributed by atoms with Crippen LogP contribution in [0.2, 0.25) is 0 Å². The van der Waals surface area contributed by atoms with E-state index in [1.807, 2.05) is 28.1 Å². The molecule has 0 heterocycles. The van der Waals surface area contributed by atoms with Crippen molar-refractivity contribution in [2.45, 2.75) is 13.1 Å². The third-order valence-corrected chi connectivity index (χ3v) is 1.32. The smallest absolute Gasteiger partial charge is 0.254 e. The second-order valence-corrected chi connectivity index (χ2v) is 3.49. The quantitative estimate of drug-likeness (QED) is 0.405. The van der Waals surface area contributed by atoms with Crippen LogP contribution in [-0.4, -0.2) is 31.8 Å². The number of hydrogen-bond donors (Lipinski definition) is 0. The molecule has 0 spiro atoms. The van der Waals surface area contributed by atoms with Crippen molar-refractivity contribution in [1.82, 2.24) is 0 Å². The Bertz CT molecular complexity index is 169. The monoisotopic (exact) mass is 140 g/mol. The van der Waals surface area contributed by atoms with E-state index < -0.39 is 0 Å². The van der Waals surface area contributed by atoms with Gasteiger partial charge in [-0.15, -0.1) is 0 Å². The van der Waals surface area contributed by atoms with Crippen LogP contribution in [0.5, 0.6) is 0 Å². The van der Waals surface area contributed by atoms with Gasteiger partial charge in [0.05, 0.1) is 26.7 Å². The number of rotatable bonds is 2. The minimum Gasteiger partial charge on any atom is -0.254 e. The van der Waals surface area contributed by atoms with Gasteiger partial charge in [0.15, 0.2) is 0 Å². The van der Waals surface area contributed by atoms with E-state index in [0.717, 1.165) is 5.57 Å². The maximum atomic E-state index is 5.21. The molecule has 10 heavy (non-hydrogen) atoms. The molecule has 0 fully saturated rings. The van der Waals surface area contributed by atoms with E-state index in [-0.39, 0.29) is 6.17 Å². The first-order valence-electron chi connectivity index (χ1n) is 3.26. The molecule has 0 aliphatic rings. The van der Waals surface area contributed by atoms with Crippen LogP contribution in [0.15, 0.2) is 12.2 Å². The minimum atomic E-state index is 0.0139. The van der Waals surface area contributed by atoms with Crippen LogP contribution in [0.4, 0.5) is 0 Å². The molecule has 0 saturated heterocycles. The molecule has 1 unspecified atom stereocenters. The minimum absolute atomic E-state index is 0.0139. The fourth-order valence-corrected chi connectivity index (χ4v) is 0.988. The van der Waals surface area contributed by atoms with Gasteiger partial charge >= 0.3 is 6.17 Å². The van der Waals surface area contributed by atoms with E-state index in [9.17, 15) is 0 Å². The van der Waals surface area contributed by atoms with Crippen LogP contribution in [0, 0.1) is 6.57 Å². The summed E-state index contributed by atoms with van der Waals surface area (Å²) in [6.07, 6.45) is 0.0139. The summed E-state index contributed by atoms with van der Waals surface area (Å²) in [5, 5.41) is 0. The lowest BCUT2D eigenvalue weighted by atomic mass is 10.2. The third kappa shape index (κ3) is 2.20. The molecule has 56 valence electrons. The van der Waals surface area contributed by atoms with Crippen molar-refractivity contribution in [3.8, 4) is 6.57 Å². The van der Waals surface area contributed by atoms with Crippen molar-refractivity contribution in [2.75, 3.05) is 21.1 Å². The Labute approximate surface area is 63.2 Å². The van der Waals surface area contributed by atoms with E-state index in [1.54, 1.807) is 0 Å². The maximum Gasteiger partial charge on any atom is 0.413 e. The highest BCUT2D eigenvalue weighted by Crippen LogP contribution is 2.11. The van der Waals surface area contributed by atoms with Crippen molar-refractivity contribution in [3.63, 3.8) is 0 Å². The average molecular weight is 140 g/mol. The van der Waals surface area contributed by atoms with Crippen LogP contribution < -0.4 is 0 Å². The standard InChI is InChI=1S/C8H16N2/c1-7(2)8(9-3)10(4,5)6/h3,8H,1H2,2,4-6H3/q+2. The van der Waals surface area contributed by atoms with E-state index >= 15 is 0 Å². The zero-order valence-corrected chi connectivity index (χ0v) is 7.26. The van der Waals surface area contributed by atoms with E-state index in [2.05, 4.69) is 11.4 Å². The Morgan fingerprint density at radius 1 is 1.50 bits per heavy atom. The van der Waals surface area contributed by atoms with Crippen LogP contribution in [0.3, 0.4) is 0 Å². The molecule has 0 radical (unpaired) electrons. The average Bonchev–Trinajstić information content (AvgIpc) is 1.60. The molecular formula is C8H16N2+2. The van der Waals surface area contributed by atoms with Crippen LogP contribution >= 0.6 is 0 Å². The normalized spacial score (nSPS) is 13.9. The van der Waals surface area contributed by atoms with Crippen LogP contribution in [0.1, 0.15) is 6.92 Å². The van der Waals surface area contributed by atoms with Gasteiger partial charge in [0, 0.05) is 0 Å². The van der Waals surface area contributed by atoms with Crippen molar-refractivity contribution < 1.29 is 4.48 Å². The van der Waals surface area contributed by atoms with Crippen molar-refractivity contribution >= 4 is 0 Å². The van der Waals surface area contributed by atoms with Crippen LogP contribution in [0.25, 0.3) is 4.85 Å². The fraction of sp³-hybridized carbons (Fsp3) is 0.625.